The molecule has 1 aromatic carbocycles. The summed E-state index contributed by atoms with van der Waals surface area (Å²) in [5.41, 5.74) is 2.02. The number of nitrogens with one attached hydrogen (secondary N) is 1. The summed E-state index contributed by atoms with van der Waals surface area (Å²) in [7, 11) is 0. The Kier molecular flexibility index (Phi) is 4.78. The van der Waals surface area contributed by atoms with Gasteiger partial charge < -0.3 is 23.9 Å². The van der Waals surface area contributed by atoms with E-state index in [1.165, 1.54) is 6.07 Å². The molecule has 0 saturated carbocycles. The molecule has 2 fully saturated rings. The Morgan fingerprint density at radius 3 is 2.93 bits per heavy atom. The maximum atomic E-state index is 11.9. The zero-order valence-corrected chi connectivity index (χ0v) is 15.4. The van der Waals surface area contributed by atoms with Crippen molar-refractivity contribution < 1.29 is 23.4 Å². The summed E-state index contributed by atoms with van der Waals surface area (Å²) in [4.78, 5) is 23.4. The van der Waals surface area contributed by atoms with Gasteiger partial charge in [0.2, 0.25) is 0 Å². The molecule has 3 atom stereocenters. The second-order valence-electron chi connectivity index (χ2n) is 7.11. The summed E-state index contributed by atoms with van der Waals surface area (Å²) in [5, 5.41) is 3.62. The van der Waals surface area contributed by atoms with Crippen molar-refractivity contribution in [2.24, 2.45) is 0 Å². The van der Waals surface area contributed by atoms with Crippen LogP contribution in [-0.4, -0.2) is 37.6 Å². The average Bonchev–Trinajstić information content (AvgIpc) is 3.00. The number of carbonyl (C=O) groups is 1. The van der Waals surface area contributed by atoms with Crippen molar-refractivity contribution >= 4 is 17.1 Å². The topological polar surface area (TPSA) is 87.0 Å². The molecule has 1 N–H and O–H groups in total. The minimum Gasteiger partial charge on any atom is -0.490 e. The van der Waals surface area contributed by atoms with Crippen LogP contribution in [0, 0.1) is 6.92 Å². The third kappa shape index (κ3) is 3.51. The first-order chi connectivity index (χ1) is 13.0. The van der Waals surface area contributed by atoms with Gasteiger partial charge in [0, 0.05) is 12.7 Å². The number of fused-ring (bicyclic) bond motifs is 2. The van der Waals surface area contributed by atoms with Gasteiger partial charge in [0.25, 0.3) is 0 Å². The molecule has 3 heterocycles. The summed E-state index contributed by atoms with van der Waals surface area (Å²) in [6.07, 6.45) is 1.29. The van der Waals surface area contributed by atoms with Crippen LogP contribution in [-0.2, 0) is 15.9 Å². The van der Waals surface area contributed by atoms with Gasteiger partial charge in [-0.25, -0.2) is 9.59 Å². The number of alkyl carbamates (subject to hydrolysis) is 1. The maximum Gasteiger partial charge on any atom is 0.407 e. The average molecular weight is 373 g/mol. The van der Waals surface area contributed by atoms with Crippen LogP contribution < -0.4 is 15.7 Å². The fraction of sp³-hybridized carbons (Fsp3) is 0.500. The van der Waals surface area contributed by atoms with E-state index in [-0.39, 0.29) is 30.5 Å². The first kappa shape index (κ1) is 17.9. The lowest BCUT2D eigenvalue weighted by molar-refractivity contribution is -0.0847. The van der Waals surface area contributed by atoms with Crippen LogP contribution in [0.25, 0.3) is 11.0 Å². The molecule has 2 aliphatic rings. The monoisotopic (exact) mass is 373 g/mol. The Bertz CT molecular complexity index is 921. The summed E-state index contributed by atoms with van der Waals surface area (Å²) in [6, 6.07) is 5.27. The zero-order chi connectivity index (χ0) is 19.0. The van der Waals surface area contributed by atoms with E-state index < -0.39 is 6.09 Å². The summed E-state index contributed by atoms with van der Waals surface area (Å²) >= 11 is 0. The highest BCUT2D eigenvalue weighted by Gasteiger charge is 2.43. The van der Waals surface area contributed by atoms with E-state index in [0.29, 0.717) is 17.9 Å². The molecule has 1 aromatic heterocycles. The molecule has 7 heteroatoms. The van der Waals surface area contributed by atoms with Gasteiger partial charge in [0.15, 0.2) is 6.10 Å². The molecule has 4 rings (SSSR count). The molecule has 2 aliphatic heterocycles. The molecule has 0 spiro atoms. The number of aryl methyl sites for hydroxylation is 2. The van der Waals surface area contributed by atoms with Gasteiger partial charge in [-0.15, -0.1) is 0 Å². The van der Waals surface area contributed by atoms with Gasteiger partial charge in [-0.3, -0.25) is 0 Å². The molecule has 0 bridgehead atoms. The smallest absolute Gasteiger partial charge is 0.407 e. The van der Waals surface area contributed by atoms with Crippen molar-refractivity contribution in [1.82, 2.24) is 5.32 Å². The van der Waals surface area contributed by atoms with Crippen LogP contribution in [0.4, 0.5) is 4.79 Å². The third-order valence-electron chi connectivity index (χ3n) is 5.03. The van der Waals surface area contributed by atoms with Crippen molar-refractivity contribution in [3.63, 3.8) is 0 Å². The highest BCUT2D eigenvalue weighted by Crippen LogP contribution is 2.32. The number of rotatable bonds is 5. The van der Waals surface area contributed by atoms with Gasteiger partial charge in [-0.2, -0.15) is 0 Å². The standard InChI is InChI=1S/C20H23NO6/c1-3-4-12-9-17(22)26-15-8-11(2)7-14(18(12)15)25-10-16-19-13(5-6-24-16)21-20(23)27-19/h7-9,13,16,19H,3-6,10H2,1-2H3,(H,21,23)/t13-,16+,19-/m0/s1. The first-order valence-corrected chi connectivity index (χ1v) is 9.34. The van der Waals surface area contributed by atoms with Gasteiger partial charge >= 0.3 is 11.7 Å². The second-order valence-corrected chi connectivity index (χ2v) is 7.11. The van der Waals surface area contributed by atoms with Crippen LogP contribution in [0.15, 0.2) is 27.4 Å². The second kappa shape index (κ2) is 7.23. The molecule has 2 saturated heterocycles. The Morgan fingerprint density at radius 1 is 1.26 bits per heavy atom. The highest BCUT2D eigenvalue weighted by molar-refractivity contribution is 5.87. The van der Waals surface area contributed by atoms with E-state index in [2.05, 4.69) is 12.2 Å². The van der Waals surface area contributed by atoms with Gasteiger partial charge in [0.05, 0.1) is 11.4 Å². The minimum atomic E-state index is -0.409. The number of hydrogen-bond acceptors (Lipinski definition) is 6. The normalized spacial score (nSPS) is 24.4. The quantitative estimate of drug-likeness (QED) is 0.811. The van der Waals surface area contributed by atoms with Gasteiger partial charge in [-0.05, 0) is 43.0 Å². The molecule has 27 heavy (non-hydrogen) atoms. The zero-order valence-electron chi connectivity index (χ0n) is 15.4. The van der Waals surface area contributed by atoms with Crippen molar-refractivity contribution in [3.8, 4) is 5.75 Å². The lowest BCUT2D eigenvalue weighted by Crippen LogP contribution is -2.48. The Balaban J connectivity index is 1.63. The van der Waals surface area contributed by atoms with Crippen molar-refractivity contribution in [3.05, 3.63) is 39.7 Å². The summed E-state index contributed by atoms with van der Waals surface area (Å²) in [6.45, 7) is 4.78. The van der Waals surface area contributed by atoms with Crippen molar-refractivity contribution in [1.29, 1.82) is 0 Å². The minimum absolute atomic E-state index is 0.0391. The molecule has 144 valence electrons. The molecule has 2 aromatic rings. The van der Waals surface area contributed by atoms with E-state index in [0.717, 1.165) is 35.8 Å². The van der Waals surface area contributed by atoms with Gasteiger partial charge in [-0.1, -0.05) is 13.3 Å². The summed E-state index contributed by atoms with van der Waals surface area (Å²) in [5.74, 6) is 0.653. The van der Waals surface area contributed by atoms with Crippen LogP contribution >= 0.6 is 0 Å². The molecular formula is C20H23NO6. The van der Waals surface area contributed by atoms with Crippen LogP contribution in [0.5, 0.6) is 5.75 Å². The number of ether oxygens (including phenoxy) is 3. The first-order valence-electron chi connectivity index (χ1n) is 9.34. The van der Waals surface area contributed by atoms with Crippen molar-refractivity contribution in [2.45, 2.75) is 51.4 Å². The molecule has 0 radical (unpaired) electrons. The van der Waals surface area contributed by atoms with Crippen LogP contribution in [0.3, 0.4) is 0 Å². The third-order valence-corrected chi connectivity index (χ3v) is 5.03. The number of hydrogen-bond donors (Lipinski definition) is 1. The van der Waals surface area contributed by atoms with Gasteiger partial charge in [0.1, 0.15) is 24.0 Å². The number of carbonyl (C=O) groups excluding carboxylic acids is 1. The molecule has 7 nitrogen and oxygen atoms in total. The Morgan fingerprint density at radius 2 is 2.11 bits per heavy atom. The fourth-order valence-electron chi connectivity index (χ4n) is 3.85. The Hall–Kier alpha value is -2.54. The molecular weight excluding hydrogens is 350 g/mol. The molecule has 0 unspecified atom stereocenters. The van der Waals surface area contributed by atoms with E-state index >= 15 is 0 Å². The molecule has 1 amide bonds. The number of benzene rings is 1. The lowest BCUT2D eigenvalue weighted by Gasteiger charge is -2.31. The Labute approximate surface area is 156 Å². The van der Waals surface area contributed by atoms with E-state index in [1.807, 2.05) is 19.1 Å². The maximum absolute atomic E-state index is 11.9. The highest BCUT2D eigenvalue weighted by atomic mass is 16.6. The SMILES string of the molecule is CCCc1cc(=O)oc2cc(C)cc(OC[C@H]3OCC[C@@H]4NC(=O)O[C@@H]43)c12. The van der Waals surface area contributed by atoms with Crippen molar-refractivity contribution in [2.75, 3.05) is 13.2 Å². The van der Waals surface area contributed by atoms with E-state index in [1.54, 1.807) is 0 Å². The lowest BCUT2D eigenvalue weighted by atomic mass is 10.0. The summed E-state index contributed by atoms with van der Waals surface area (Å²) < 4.78 is 22.6. The largest absolute Gasteiger partial charge is 0.490 e. The predicted molar refractivity (Wildman–Crippen MR) is 98.3 cm³/mol. The van der Waals surface area contributed by atoms with E-state index in [9.17, 15) is 9.59 Å². The van der Waals surface area contributed by atoms with Crippen LogP contribution in [0.1, 0.15) is 30.9 Å². The molecule has 0 aliphatic carbocycles. The number of amides is 1. The van der Waals surface area contributed by atoms with E-state index in [4.69, 9.17) is 18.6 Å². The predicted octanol–water partition coefficient (Wildman–Crippen LogP) is 2.70. The van der Waals surface area contributed by atoms with Crippen LogP contribution in [0.2, 0.25) is 0 Å². The fourth-order valence-corrected chi connectivity index (χ4v) is 3.85.